The van der Waals surface area contributed by atoms with Crippen molar-refractivity contribution in [3.8, 4) is 0 Å². The Hall–Kier alpha value is -2.06. The first-order valence-corrected chi connectivity index (χ1v) is 7.29. The zero-order chi connectivity index (χ0) is 13.5. The third-order valence-electron chi connectivity index (χ3n) is 2.68. The van der Waals surface area contributed by atoms with E-state index in [1.165, 1.54) is 0 Å². The maximum atomic E-state index is 11.1. The Morgan fingerprint density at radius 3 is 2.89 bits per heavy atom. The van der Waals surface area contributed by atoms with Gasteiger partial charge in [0.2, 0.25) is 0 Å². The highest BCUT2D eigenvalue weighted by molar-refractivity contribution is 7.85. The third kappa shape index (κ3) is 2.27. The Labute approximate surface area is 108 Å². The zero-order valence-electron chi connectivity index (χ0n) is 10.0. The van der Waals surface area contributed by atoms with Crippen LogP contribution in [0.1, 0.15) is 5.56 Å². The van der Waals surface area contributed by atoms with Gasteiger partial charge < -0.3 is 0 Å². The van der Waals surface area contributed by atoms with E-state index in [9.17, 15) is 8.42 Å². The van der Waals surface area contributed by atoms with E-state index in [-0.39, 0.29) is 6.61 Å². The Bertz CT molecular complexity index is 857. The van der Waals surface area contributed by atoms with E-state index in [1.807, 2.05) is 30.3 Å². The minimum Gasteiger partial charge on any atom is -0.265 e. The summed E-state index contributed by atoms with van der Waals surface area (Å²) in [4.78, 5) is 0. The molecule has 1 aromatic carbocycles. The molecule has 0 aliphatic carbocycles. The summed E-state index contributed by atoms with van der Waals surface area (Å²) in [5, 5.41) is 12.3. The molecule has 0 aliphatic heterocycles. The highest BCUT2D eigenvalue weighted by Crippen LogP contribution is 2.19. The van der Waals surface area contributed by atoms with E-state index in [2.05, 4.69) is 15.5 Å². The van der Waals surface area contributed by atoms with Crippen molar-refractivity contribution in [2.75, 3.05) is 6.26 Å². The fraction of sp³-hybridized carbons (Fsp3) is 0.182. The predicted octanol–water partition coefficient (Wildman–Crippen LogP) is 0.754. The molecule has 2 heterocycles. The van der Waals surface area contributed by atoms with Crippen LogP contribution in [0.5, 0.6) is 0 Å². The van der Waals surface area contributed by atoms with Crippen LogP contribution in [0.4, 0.5) is 0 Å². The molecule has 0 saturated heterocycles. The van der Waals surface area contributed by atoms with Gasteiger partial charge >= 0.3 is 0 Å². The molecule has 0 saturated carbocycles. The highest BCUT2D eigenvalue weighted by Gasteiger charge is 2.11. The van der Waals surface area contributed by atoms with Gasteiger partial charge in [-0.15, -0.1) is 5.10 Å². The summed E-state index contributed by atoms with van der Waals surface area (Å²) in [5.41, 5.74) is 1.96. The smallest absolute Gasteiger partial charge is 0.264 e. The molecular formula is C11H10N4O3S. The van der Waals surface area contributed by atoms with E-state index in [0.717, 1.165) is 17.2 Å². The standard InChI is InChI=1S/C11H10N4O3S/c1-19(16,17)18-7-9-6-8-4-2-3-5-10(8)15-11(9)12-13-14-15/h2-6H,7H2,1H3. The van der Waals surface area contributed by atoms with Crippen molar-refractivity contribution in [3.63, 3.8) is 0 Å². The molecule has 2 aromatic heterocycles. The first kappa shape index (κ1) is 12.0. The molecule has 98 valence electrons. The lowest BCUT2D eigenvalue weighted by atomic mass is 10.1. The van der Waals surface area contributed by atoms with Gasteiger partial charge in [0.05, 0.1) is 18.4 Å². The van der Waals surface area contributed by atoms with Crippen molar-refractivity contribution in [2.24, 2.45) is 0 Å². The average molecular weight is 278 g/mol. The number of para-hydroxylation sites is 1. The SMILES string of the molecule is CS(=O)(=O)OCc1cc2ccccc2n2nnnc12. The summed E-state index contributed by atoms with van der Waals surface area (Å²) < 4.78 is 28.5. The average Bonchev–Trinajstić information content (AvgIpc) is 2.84. The largest absolute Gasteiger partial charge is 0.265 e. The lowest BCUT2D eigenvalue weighted by molar-refractivity contribution is 0.312. The maximum absolute atomic E-state index is 11.1. The Kier molecular flexibility index (Phi) is 2.68. The van der Waals surface area contributed by atoms with Gasteiger partial charge in [-0.05, 0) is 22.6 Å². The molecule has 0 atom stereocenters. The van der Waals surface area contributed by atoms with Crippen LogP contribution in [0.2, 0.25) is 0 Å². The quantitative estimate of drug-likeness (QED) is 0.657. The van der Waals surface area contributed by atoms with Gasteiger partial charge in [0.1, 0.15) is 0 Å². The highest BCUT2D eigenvalue weighted by atomic mass is 32.2. The van der Waals surface area contributed by atoms with E-state index in [0.29, 0.717) is 11.2 Å². The number of rotatable bonds is 3. The second-order valence-electron chi connectivity index (χ2n) is 4.11. The minimum absolute atomic E-state index is 0.0897. The van der Waals surface area contributed by atoms with Crippen LogP contribution >= 0.6 is 0 Å². The van der Waals surface area contributed by atoms with Gasteiger partial charge in [0.25, 0.3) is 10.1 Å². The first-order chi connectivity index (χ1) is 9.04. The number of hydrogen-bond donors (Lipinski definition) is 0. The van der Waals surface area contributed by atoms with Crippen molar-refractivity contribution in [2.45, 2.75) is 6.61 Å². The van der Waals surface area contributed by atoms with E-state index < -0.39 is 10.1 Å². The van der Waals surface area contributed by atoms with Crippen LogP contribution in [0.15, 0.2) is 30.3 Å². The van der Waals surface area contributed by atoms with Crippen molar-refractivity contribution in [1.82, 2.24) is 20.0 Å². The first-order valence-electron chi connectivity index (χ1n) is 5.48. The van der Waals surface area contributed by atoms with Crippen molar-refractivity contribution in [3.05, 3.63) is 35.9 Å². The summed E-state index contributed by atoms with van der Waals surface area (Å²) in [6.45, 7) is -0.0897. The van der Waals surface area contributed by atoms with Gasteiger partial charge in [-0.2, -0.15) is 12.9 Å². The molecule has 19 heavy (non-hydrogen) atoms. The van der Waals surface area contributed by atoms with Crippen LogP contribution < -0.4 is 0 Å². The van der Waals surface area contributed by atoms with Crippen LogP contribution in [0.25, 0.3) is 16.6 Å². The minimum atomic E-state index is -3.51. The summed E-state index contributed by atoms with van der Waals surface area (Å²) in [5.74, 6) is 0. The molecule has 0 radical (unpaired) electrons. The number of nitrogens with zero attached hydrogens (tertiary/aromatic N) is 4. The number of hydrogen-bond acceptors (Lipinski definition) is 6. The van der Waals surface area contributed by atoms with Crippen LogP contribution in [-0.2, 0) is 20.9 Å². The summed E-state index contributed by atoms with van der Waals surface area (Å²) in [6.07, 6.45) is 1.01. The monoisotopic (exact) mass is 278 g/mol. The Morgan fingerprint density at radius 2 is 2.11 bits per heavy atom. The van der Waals surface area contributed by atoms with Gasteiger partial charge in [0.15, 0.2) is 5.65 Å². The Balaban J connectivity index is 2.19. The second-order valence-corrected chi connectivity index (χ2v) is 5.75. The Morgan fingerprint density at radius 1 is 1.32 bits per heavy atom. The fourth-order valence-corrected chi connectivity index (χ4v) is 2.22. The summed E-state index contributed by atoms with van der Waals surface area (Å²) in [7, 11) is -3.51. The fourth-order valence-electron chi connectivity index (χ4n) is 1.88. The summed E-state index contributed by atoms with van der Waals surface area (Å²) in [6, 6.07) is 9.39. The molecule has 0 spiro atoms. The number of fused-ring (bicyclic) bond motifs is 3. The van der Waals surface area contributed by atoms with Crippen LogP contribution in [-0.4, -0.2) is 34.7 Å². The molecule has 0 fully saturated rings. The summed E-state index contributed by atoms with van der Waals surface area (Å²) >= 11 is 0. The molecular weight excluding hydrogens is 268 g/mol. The van der Waals surface area contributed by atoms with Crippen molar-refractivity contribution in [1.29, 1.82) is 0 Å². The maximum Gasteiger partial charge on any atom is 0.264 e. The topological polar surface area (TPSA) is 86.5 Å². The number of tetrazole rings is 1. The lowest BCUT2D eigenvalue weighted by Crippen LogP contribution is -2.04. The van der Waals surface area contributed by atoms with E-state index in [4.69, 9.17) is 4.18 Å². The molecule has 3 rings (SSSR count). The van der Waals surface area contributed by atoms with E-state index >= 15 is 0 Å². The molecule has 8 heteroatoms. The molecule has 0 bridgehead atoms. The molecule has 3 aromatic rings. The van der Waals surface area contributed by atoms with Crippen molar-refractivity contribution < 1.29 is 12.6 Å². The van der Waals surface area contributed by atoms with Crippen molar-refractivity contribution >= 4 is 26.7 Å². The third-order valence-corrected chi connectivity index (χ3v) is 3.23. The van der Waals surface area contributed by atoms with Gasteiger partial charge in [-0.25, -0.2) is 0 Å². The number of pyridine rings is 1. The molecule has 0 aliphatic rings. The van der Waals surface area contributed by atoms with E-state index in [1.54, 1.807) is 4.52 Å². The molecule has 0 amide bonds. The van der Waals surface area contributed by atoms with Crippen LogP contribution in [0, 0.1) is 0 Å². The lowest BCUT2D eigenvalue weighted by Gasteiger charge is -2.05. The molecule has 0 N–H and O–H groups in total. The normalized spacial score (nSPS) is 12.3. The molecule has 7 nitrogen and oxygen atoms in total. The predicted molar refractivity (Wildman–Crippen MR) is 67.9 cm³/mol. The molecule has 0 unspecified atom stereocenters. The second kappa shape index (κ2) is 4.25. The van der Waals surface area contributed by atoms with Crippen LogP contribution in [0.3, 0.4) is 0 Å². The number of aromatic nitrogens is 4. The zero-order valence-corrected chi connectivity index (χ0v) is 10.8. The van der Waals surface area contributed by atoms with Gasteiger partial charge in [0, 0.05) is 10.9 Å². The van der Waals surface area contributed by atoms with Gasteiger partial charge in [-0.3, -0.25) is 4.18 Å². The number of benzene rings is 1. The van der Waals surface area contributed by atoms with Gasteiger partial charge in [-0.1, -0.05) is 18.2 Å².